The topological polar surface area (TPSA) is 93.0 Å². The minimum Gasteiger partial charge on any atom is -0.350 e. The van der Waals surface area contributed by atoms with E-state index in [1.54, 1.807) is 0 Å². The van der Waals surface area contributed by atoms with Crippen molar-refractivity contribution in [2.45, 2.75) is 19.6 Å². The van der Waals surface area contributed by atoms with Crippen LogP contribution in [-0.2, 0) is 19.6 Å². The number of benzene rings is 1. The van der Waals surface area contributed by atoms with E-state index < -0.39 is 4.92 Å². The molecule has 0 bridgehead atoms. The summed E-state index contributed by atoms with van der Waals surface area (Å²) >= 11 is 0. The van der Waals surface area contributed by atoms with Crippen molar-refractivity contribution >= 4 is 11.6 Å². The molecule has 20 heavy (non-hydrogen) atoms. The largest absolute Gasteiger partial charge is 0.350 e. The summed E-state index contributed by atoms with van der Waals surface area (Å²) in [5.74, 6) is 0.384. The van der Waals surface area contributed by atoms with Crippen LogP contribution in [0, 0.1) is 10.1 Å². The first kappa shape index (κ1) is 12.5. The molecule has 7 heteroatoms. The lowest BCUT2D eigenvalue weighted by molar-refractivity contribution is -0.385. The smallest absolute Gasteiger partial charge is 0.305 e. The predicted octanol–water partition coefficient (Wildman–Crippen LogP) is 1.60. The fourth-order valence-electron chi connectivity index (χ4n) is 2.15. The van der Waals surface area contributed by atoms with Gasteiger partial charge in [0.25, 0.3) is 0 Å². The average molecular weight is 271 g/mol. The van der Waals surface area contributed by atoms with Crippen LogP contribution < -0.4 is 10.6 Å². The first-order valence-corrected chi connectivity index (χ1v) is 6.24. The van der Waals surface area contributed by atoms with Crippen LogP contribution in [0.5, 0.6) is 0 Å². The molecule has 1 aliphatic heterocycles. The van der Waals surface area contributed by atoms with Crippen molar-refractivity contribution in [3.05, 3.63) is 57.4 Å². The highest BCUT2D eigenvalue weighted by molar-refractivity contribution is 5.37. The third-order valence-electron chi connectivity index (χ3n) is 3.20. The van der Waals surface area contributed by atoms with Gasteiger partial charge in [0, 0.05) is 19.6 Å². The van der Waals surface area contributed by atoms with Gasteiger partial charge < -0.3 is 10.6 Å². The van der Waals surface area contributed by atoms with Crippen LogP contribution in [0.1, 0.15) is 16.7 Å². The van der Waals surface area contributed by atoms with E-state index in [4.69, 9.17) is 0 Å². The summed E-state index contributed by atoms with van der Waals surface area (Å²) in [5, 5.41) is 16.8. The van der Waals surface area contributed by atoms with Gasteiger partial charge >= 0.3 is 5.69 Å². The molecule has 0 atom stereocenters. The number of nitrogens with zero attached hydrogens (tertiary/aromatic N) is 3. The Morgan fingerprint density at radius 3 is 2.75 bits per heavy atom. The molecular weight excluding hydrogens is 258 g/mol. The number of hydrogen-bond donors (Lipinski definition) is 2. The Morgan fingerprint density at radius 2 is 2.00 bits per heavy atom. The minimum absolute atomic E-state index is 0.112. The van der Waals surface area contributed by atoms with Crippen molar-refractivity contribution in [1.29, 1.82) is 0 Å². The molecule has 0 saturated heterocycles. The fraction of sp³-hybridized carbons (Fsp3) is 0.231. The summed E-state index contributed by atoms with van der Waals surface area (Å²) in [5.41, 5.74) is 3.67. The van der Waals surface area contributed by atoms with Gasteiger partial charge in [-0.3, -0.25) is 10.1 Å². The summed E-state index contributed by atoms with van der Waals surface area (Å²) in [4.78, 5) is 17.8. The monoisotopic (exact) mass is 271 g/mol. The van der Waals surface area contributed by atoms with Crippen LogP contribution in [0.15, 0.2) is 30.6 Å². The maximum atomic E-state index is 10.5. The number of rotatable bonds is 4. The minimum atomic E-state index is -0.517. The third-order valence-corrected chi connectivity index (χ3v) is 3.20. The van der Waals surface area contributed by atoms with E-state index in [9.17, 15) is 10.1 Å². The van der Waals surface area contributed by atoms with Crippen LogP contribution in [-0.4, -0.2) is 14.9 Å². The molecule has 7 nitrogen and oxygen atoms in total. The van der Waals surface area contributed by atoms with Crippen LogP contribution in [0.3, 0.4) is 0 Å². The molecule has 2 N–H and O–H groups in total. The number of fused-ring (bicyclic) bond motifs is 1. The van der Waals surface area contributed by atoms with Gasteiger partial charge in [-0.25, -0.2) is 9.97 Å². The third kappa shape index (κ3) is 2.57. The molecule has 0 spiro atoms. The van der Waals surface area contributed by atoms with Gasteiger partial charge in [0.05, 0.1) is 4.92 Å². The van der Waals surface area contributed by atoms with Crippen LogP contribution in [0.2, 0.25) is 0 Å². The van der Waals surface area contributed by atoms with Gasteiger partial charge in [0.1, 0.15) is 12.4 Å². The van der Waals surface area contributed by atoms with Crippen molar-refractivity contribution in [2.75, 3.05) is 5.32 Å². The quantitative estimate of drug-likeness (QED) is 0.648. The highest BCUT2D eigenvalue weighted by atomic mass is 16.6. The molecule has 0 aliphatic carbocycles. The van der Waals surface area contributed by atoms with E-state index >= 15 is 0 Å². The van der Waals surface area contributed by atoms with Gasteiger partial charge in [-0.2, -0.15) is 0 Å². The van der Waals surface area contributed by atoms with Gasteiger partial charge in [-0.05, 0) is 16.7 Å². The number of nitrogens with one attached hydrogen (secondary N) is 2. The molecular formula is C13H13N5O2. The van der Waals surface area contributed by atoms with Gasteiger partial charge in [-0.15, -0.1) is 0 Å². The Morgan fingerprint density at radius 1 is 1.25 bits per heavy atom. The summed E-state index contributed by atoms with van der Waals surface area (Å²) in [6, 6.07) is 6.32. The van der Waals surface area contributed by atoms with Crippen molar-refractivity contribution in [3.8, 4) is 0 Å². The second-order valence-corrected chi connectivity index (χ2v) is 4.58. The van der Waals surface area contributed by atoms with Crippen molar-refractivity contribution in [3.63, 3.8) is 0 Å². The first-order chi connectivity index (χ1) is 9.72. The molecule has 0 unspecified atom stereocenters. The zero-order valence-corrected chi connectivity index (χ0v) is 10.7. The van der Waals surface area contributed by atoms with E-state index in [-0.39, 0.29) is 5.69 Å². The number of aromatic nitrogens is 2. The molecule has 102 valence electrons. The second-order valence-electron chi connectivity index (χ2n) is 4.58. The maximum absolute atomic E-state index is 10.5. The Hall–Kier alpha value is -2.54. The zero-order valence-electron chi connectivity index (χ0n) is 10.7. The van der Waals surface area contributed by atoms with E-state index in [2.05, 4.69) is 38.8 Å². The van der Waals surface area contributed by atoms with Crippen LogP contribution in [0.4, 0.5) is 11.6 Å². The molecule has 3 rings (SSSR count). The van der Waals surface area contributed by atoms with Gasteiger partial charge in [0.2, 0.25) is 5.95 Å². The van der Waals surface area contributed by atoms with Gasteiger partial charge in [-0.1, -0.05) is 18.2 Å². The Labute approximate surface area is 115 Å². The lowest BCUT2D eigenvalue weighted by atomic mass is 10.1. The SMILES string of the molecule is O=[N+]([O-])c1cnc(NCc2ccc3c(c2)CNC3)nc1. The summed E-state index contributed by atoms with van der Waals surface area (Å²) in [6.45, 7) is 2.41. The number of nitro groups is 1. The molecule has 0 amide bonds. The lowest BCUT2D eigenvalue weighted by Gasteiger charge is -2.06. The highest BCUT2D eigenvalue weighted by Crippen LogP contribution is 2.17. The average Bonchev–Trinajstić information content (AvgIpc) is 2.93. The van der Waals surface area contributed by atoms with E-state index in [0.717, 1.165) is 18.7 Å². The van der Waals surface area contributed by atoms with Crippen LogP contribution in [0.25, 0.3) is 0 Å². The fourth-order valence-corrected chi connectivity index (χ4v) is 2.15. The molecule has 1 aromatic carbocycles. The van der Waals surface area contributed by atoms with E-state index in [1.165, 1.54) is 23.5 Å². The summed E-state index contributed by atoms with van der Waals surface area (Å²) in [7, 11) is 0. The maximum Gasteiger partial charge on any atom is 0.305 e. The van der Waals surface area contributed by atoms with E-state index in [1.807, 2.05) is 0 Å². The lowest BCUT2D eigenvalue weighted by Crippen LogP contribution is -2.04. The van der Waals surface area contributed by atoms with Crippen LogP contribution >= 0.6 is 0 Å². The summed E-state index contributed by atoms with van der Waals surface area (Å²) in [6.07, 6.45) is 2.39. The Kier molecular flexibility index (Phi) is 3.26. The van der Waals surface area contributed by atoms with E-state index in [0.29, 0.717) is 12.5 Å². The highest BCUT2D eigenvalue weighted by Gasteiger charge is 2.10. The molecule has 2 aromatic rings. The number of hydrogen-bond acceptors (Lipinski definition) is 6. The second kappa shape index (κ2) is 5.22. The first-order valence-electron chi connectivity index (χ1n) is 6.24. The molecule has 1 aliphatic rings. The molecule has 2 heterocycles. The number of anilines is 1. The van der Waals surface area contributed by atoms with Crippen molar-refractivity contribution in [2.24, 2.45) is 0 Å². The standard InChI is InChI=1S/C13H13N5O2/c19-18(20)12-7-16-13(17-8-12)15-4-9-1-2-10-5-14-6-11(10)3-9/h1-3,7-8,14H,4-6H2,(H,15,16,17). The predicted molar refractivity (Wildman–Crippen MR) is 73.0 cm³/mol. The Balaban J connectivity index is 1.65. The van der Waals surface area contributed by atoms with Gasteiger partial charge in [0.15, 0.2) is 0 Å². The normalized spacial score (nSPS) is 13.0. The van der Waals surface area contributed by atoms with Crippen molar-refractivity contribution in [1.82, 2.24) is 15.3 Å². The molecule has 1 aromatic heterocycles. The summed E-state index contributed by atoms with van der Waals surface area (Å²) < 4.78 is 0. The zero-order chi connectivity index (χ0) is 13.9. The Bertz CT molecular complexity index is 642. The molecule has 0 fully saturated rings. The molecule has 0 saturated carbocycles. The van der Waals surface area contributed by atoms with Crippen molar-refractivity contribution < 1.29 is 4.92 Å². The molecule has 0 radical (unpaired) electrons.